The molecule has 2 aromatic rings. The highest BCUT2D eigenvalue weighted by Gasteiger charge is 2.23. The van der Waals surface area contributed by atoms with Gasteiger partial charge >= 0.3 is 0 Å². The third-order valence-electron chi connectivity index (χ3n) is 4.87. The maximum atomic E-state index is 13.2. The molecule has 0 spiro atoms. The summed E-state index contributed by atoms with van der Waals surface area (Å²) in [7, 11) is 0. The van der Waals surface area contributed by atoms with Crippen molar-refractivity contribution in [3.05, 3.63) is 46.5 Å². The molecule has 1 aromatic carbocycles. The second-order valence-electron chi connectivity index (χ2n) is 7.03. The van der Waals surface area contributed by atoms with Crippen LogP contribution in [-0.4, -0.2) is 22.8 Å². The van der Waals surface area contributed by atoms with Crippen molar-refractivity contribution in [2.24, 2.45) is 0 Å². The molecular formula is C20H23F2N3O2S. The molecule has 1 fully saturated rings. The lowest BCUT2D eigenvalue weighted by Gasteiger charge is -2.16. The predicted octanol–water partition coefficient (Wildman–Crippen LogP) is 4.15. The highest BCUT2D eigenvalue weighted by molar-refractivity contribution is 7.13. The lowest BCUT2D eigenvalue weighted by Crippen LogP contribution is -2.44. The topological polar surface area (TPSA) is 71.1 Å². The maximum absolute atomic E-state index is 13.2. The Hall–Kier alpha value is -2.35. The van der Waals surface area contributed by atoms with E-state index in [2.05, 4.69) is 15.6 Å². The fourth-order valence-electron chi connectivity index (χ4n) is 3.44. The molecule has 28 heavy (non-hydrogen) atoms. The summed E-state index contributed by atoms with van der Waals surface area (Å²) < 4.78 is 26.5. The first-order valence-electron chi connectivity index (χ1n) is 9.45. The summed E-state index contributed by atoms with van der Waals surface area (Å²) in [4.78, 5) is 29.2. The summed E-state index contributed by atoms with van der Waals surface area (Å²) in [5.74, 6) is -1.84. The van der Waals surface area contributed by atoms with Crippen LogP contribution in [0.25, 0.3) is 0 Å². The number of anilines is 1. The van der Waals surface area contributed by atoms with Crippen LogP contribution in [0, 0.1) is 11.6 Å². The van der Waals surface area contributed by atoms with E-state index in [1.54, 1.807) is 6.92 Å². The maximum Gasteiger partial charge on any atom is 0.248 e. The van der Waals surface area contributed by atoms with Crippen LogP contribution in [0.3, 0.4) is 0 Å². The largest absolute Gasteiger partial charge is 0.344 e. The Morgan fingerprint density at radius 1 is 1.21 bits per heavy atom. The van der Waals surface area contributed by atoms with Crippen molar-refractivity contribution in [3.8, 4) is 0 Å². The average Bonchev–Trinajstić information content (AvgIpc) is 3.30. The van der Waals surface area contributed by atoms with E-state index in [-0.39, 0.29) is 17.9 Å². The standard InChI is InChI=1S/C20H23F2N3O2S/c1-2-16(23-18(26)9-12-7-14(21)10-15(22)8-12)19(27)25-20-24-17(11-28-20)13-5-3-4-6-13/h7-8,10-11,13,16H,2-6,9H2,1H3,(H,23,26)(H,24,25,27). The normalized spacial score (nSPS) is 15.4. The molecule has 1 heterocycles. The van der Waals surface area contributed by atoms with E-state index < -0.39 is 23.6 Å². The van der Waals surface area contributed by atoms with Crippen molar-refractivity contribution in [3.63, 3.8) is 0 Å². The van der Waals surface area contributed by atoms with E-state index in [1.807, 2.05) is 5.38 Å². The number of rotatable bonds is 7. The molecule has 8 heteroatoms. The fraction of sp³-hybridized carbons (Fsp3) is 0.450. The molecule has 3 rings (SSSR count). The highest BCUT2D eigenvalue weighted by atomic mass is 32.1. The number of thiazole rings is 1. The van der Waals surface area contributed by atoms with Gasteiger partial charge in [0.25, 0.3) is 0 Å². The van der Waals surface area contributed by atoms with Gasteiger partial charge in [-0.3, -0.25) is 9.59 Å². The molecule has 0 radical (unpaired) electrons. The Morgan fingerprint density at radius 3 is 2.54 bits per heavy atom. The average molecular weight is 407 g/mol. The van der Waals surface area contributed by atoms with Crippen LogP contribution in [0.1, 0.15) is 56.2 Å². The molecule has 1 atom stereocenters. The first-order valence-corrected chi connectivity index (χ1v) is 10.3. The van der Waals surface area contributed by atoms with E-state index in [0.29, 0.717) is 17.5 Å². The molecule has 1 unspecified atom stereocenters. The summed E-state index contributed by atoms with van der Waals surface area (Å²) in [5.41, 5.74) is 1.23. The number of carbonyl (C=O) groups is 2. The van der Waals surface area contributed by atoms with Gasteiger partial charge in [0.2, 0.25) is 11.8 Å². The summed E-state index contributed by atoms with van der Waals surface area (Å²) in [5, 5.41) is 7.87. The molecule has 2 amide bonds. The van der Waals surface area contributed by atoms with E-state index in [4.69, 9.17) is 0 Å². The van der Waals surface area contributed by atoms with Crippen molar-refractivity contribution in [2.75, 3.05) is 5.32 Å². The molecular weight excluding hydrogens is 384 g/mol. The quantitative estimate of drug-likeness (QED) is 0.724. The number of nitrogens with zero attached hydrogens (tertiary/aromatic N) is 1. The third kappa shape index (κ3) is 5.34. The minimum Gasteiger partial charge on any atom is -0.344 e. The van der Waals surface area contributed by atoms with Crippen molar-refractivity contribution < 1.29 is 18.4 Å². The fourth-order valence-corrected chi connectivity index (χ4v) is 4.24. The highest BCUT2D eigenvalue weighted by Crippen LogP contribution is 2.35. The first-order chi connectivity index (χ1) is 13.4. The SMILES string of the molecule is CCC(NC(=O)Cc1cc(F)cc(F)c1)C(=O)Nc1nc(C2CCCC2)cs1. The molecule has 1 aliphatic carbocycles. The number of halogens is 2. The summed E-state index contributed by atoms with van der Waals surface area (Å²) >= 11 is 1.38. The van der Waals surface area contributed by atoms with Gasteiger partial charge in [0.05, 0.1) is 12.1 Å². The van der Waals surface area contributed by atoms with Gasteiger partial charge in [-0.05, 0) is 37.0 Å². The molecule has 0 bridgehead atoms. The molecule has 5 nitrogen and oxygen atoms in total. The smallest absolute Gasteiger partial charge is 0.248 e. The number of amides is 2. The van der Waals surface area contributed by atoms with Gasteiger partial charge in [-0.1, -0.05) is 19.8 Å². The van der Waals surface area contributed by atoms with Gasteiger partial charge in [0, 0.05) is 17.4 Å². The number of carbonyl (C=O) groups excluding carboxylic acids is 2. The first kappa shape index (κ1) is 20.4. The van der Waals surface area contributed by atoms with E-state index in [0.717, 1.165) is 36.7 Å². The zero-order chi connectivity index (χ0) is 20.1. The van der Waals surface area contributed by atoms with Crippen LogP contribution in [0.2, 0.25) is 0 Å². The van der Waals surface area contributed by atoms with Gasteiger partial charge < -0.3 is 10.6 Å². The molecule has 1 aromatic heterocycles. The predicted molar refractivity (Wildman–Crippen MR) is 104 cm³/mol. The molecule has 150 valence electrons. The zero-order valence-electron chi connectivity index (χ0n) is 15.6. The second-order valence-corrected chi connectivity index (χ2v) is 7.89. The lowest BCUT2D eigenvalue weighted by atomic mass is 10.1. The Labute approximate surface area is 166 Å². The number of benzene rings is 1. The lowest BCUT2D eigenvalue weighted by molar-refractivity contribution is -0.126. The Kier molecular flexibility index (Phi) is 6.72. The van der Waals surface area contributed by atoms with E-state index in [9.17, 15) is 18.4 Å². The van der Waals surface area contributed by atoms with Gasteiger partial charge in [-0.15, -0.1) is 11.3 Å². The Bertz CT molecular complexity index is 829. The van der Waals surface area contributed by atoms with Gasteiger partial charge in [0.1, 0.15) is 17.7 Å². The molecule has 2 N–H and O–H groups in total. The molecule has 0 saturated heterocycles. The van der Waals surface area contributed by atoms with Crippen LogP contribution < -0.4 is 10.6 Å². The van der Waals surface area contributed by atoms with E-state index >= 15 is 0 Å². The Balaban J connectivity index is 1.56. The number of hydrogen-bond acceptors (Lipinski definition) is 4. The molecule has 0 aliphatic heterocycles. The van der Waals surface area contributed by atoms with Crippen molar-refractivity contribution in [1.82, 2.24) is 10.3 Å². The molecule has 1 aliphatic rings. The van der Waals surface area contributed by atoms with E-state index in [1.165, 1.54) is 24.2 Å². The zero-order valence-corrected chi connectivity index (χ0v) is 16.5. The van der Waals surface area contributed by atoms with Crippen LogP contribution in [0.5, 0.6) is 0 Å². The van der Waals surface area contributed by atoms with Crippen LogP contribution in [0.15, 0.2) is 23.6 Å². The monoisotopic (exact) mass is 407 g/mol. The number of nitrogens with one attached hydrogen (secondary N) is 2. The van der Waals surface area contributed by atoms with Gasteiger partial charge in [-0.25, -0.2) is 13.8 Å². The second kappa shape index (κ2) is 9.23. The van der Waals surface area contributed by atoms with Gasteiger partial charge in [0.15, 0.2) is 5.13 Å². The Morgan fingerprint density at radius 2 is 1.89 bits per heavy atom. The van der Waals surface area contributed by atoms with Crippen molar-refractivity contribution in [2.45, 2.75) is 57.4 Å². The number of hydrogen-bond donors (Lipinski definition) is 2. The number of aromatic nitrogens is 1. The summed E-state index contributed by atoms with van der Waals surface area (Å²) in [6.45, 7) is 1.78. The van der Waals surface area contributed by atoms with Crippen LogP contribution >= 0.6 is 11.3 Å². The summed E-state index contributed by atoms with van der Waals surface area (Å²) in [6.07, 6.45) is 4.86. The van der Waals surface area contributed by atoms with Crippen LogP contribution in [0.4, 0.5) is 13.9 Å². The molecule has 1 saturated carbocycles. The van der Waals surface area contributed by atoms with Crippen molar-refractivity contribution >= 4 is 28.3 Å². The van der Waals surface area contributed by atoms with Crippen LogP contribution in [-0.2, 0) is 16.0 Å². The third-order valence-corrected chi connectivity index (χ3v) is 5.65. The summed E-state index contributed by atoms with van der Waals surface area (Å²) in [6, 6.07) is 2.20. The van der Waals surface area contributed by atoms with Crippen molar-refractivity contribution in [1.29, 1.82) is 0 Å². The van der Waals surface area contributed by atoms with Gasteiger partial charge in [-0.2, -0.15) is 0 Å². The minimum absolute atomic E-state index is 0.207. The minimum atomic E-state index is -0.746.